The van der Waals surface area contributed by atoms with Crippen LogP contribution in [0.3, 0.4) is 0 Å². The van der Waals surface area contributed by atoms with E-state index in [9.17, 15) is 9.59 Å². The third kappa shape index (κ3) is 7.89. The second kappa shape index (κ2) is 10.8. The normalized spacial score (nSPS) is 14.9. The first-order valence-electron chi connectivity index (χ1n) is 9.96. The van der Waals surface area contributed by atoms with Gasteiger partial charge in [0.05, 0.1) is 0 Å². The van der Waals surface area contributed by atoms with Crippen molar-refractivity contribution in [1.82, 2.24) is 10.6 Å². The number of carbonyl (C=O) groups is 2. The maximum Gasteiger partial charge on any atom is 0.319 e. The molecular weight excluding hydrogens is 326 g/mol. The molecule has 0 aliphatic heterocycles. The second-order valence-corrected chi connectivity index (χ2v) is 7.62. The largest absolute Gasteiger partial charge is 0.352 e. The minimum absolute atomic E-state index is 0.0996. The lowest BCUT2D eigenvalue weighted by Gasteiger charge is -2.21. The van der Waals surface area contributed by atoms with Gasteiger partial charge in [-0.05, 0) is 50.3 Å². The summed E-state index contributed by atoms with van der Waals surface area (Å²) < 4.78 is 0. The van der Waals surface area contributed by atoms with Crippen molar-refractivity contribution in [3.8, 4) is 0 Å². The predicted molar refractivity (Wildman–Crippen MR) is 106 cm³/mol. The Labute approximate surface area is 157 Å². The Morgan fingerprint density at radius 2 is 1.77 bits per heavy atom. The van der Waals surface area contributed by atoms with Crippen LogP contribution >= 0.6 is 0 Å². The molecule has 3 amide bonds. The quantitative estimate of drug-likeness (QED) is 0.635. The van der Waals surface area contributed by atoms with E-state index in [0.29, 0.717) is 13.0 Å². The van der Waals surface area contributed by atoms with Crippen LogP contribution in [-0.4, -0.2) is 18.0 Å². The van der Waals surface area contributed by atoms with E-state index < -0.39 is 0 Å². The molecule has 1 fully saturated rings. The van der Waals surface area contributed by atoms with Crippen LogP contribution in [0.5, 0.6) is 0 Å². The smallest absolute Gasteiger partial charge is 0.319 e. The number of benzene rings is 1. The van der Waals surface area contributed by atoms with Crippen molar-refractivity contribution in [1.29, 1.82) is 0 Å². The summed E-state index contributed by atoms with van der Waals surface area (Å²) >= 11 is 0. The van der Waals surface area contributed by atoms with Crippen molar-refractivity contribution < 1.29 is 9.59 Å². The zero-order valence-corrected chi connectivity index (χ0v) is 16.1. The average Bonchev–Trinajstić information content (AvgIpc) is 2.61. The minimum atomic E-state index is -0.209. The molecule has 1 saturated carbocycles. The van der Waals surface area contributed by atoms with Gasteiger partial charge in [-0.3, -0.25) is 4.79 Å². The van der Waals surface area contributed by atoms with Crippen molar-refractivity contribution in [2.75, 3.05) is 5.32 Å². The van der Waals surface area contributed by atoms with Gasteiger partial charge < -0.3 is 16.0 Å². The number of anilines is 1. The number of hydrogen-bond donors (Lipinski definition) is 3. The number of urea groups is 1. The van der Waals surface area contributed by atoms with Crippen LogP contribution < -0.4 is 16.0 Å². The van der Waals surface area contributed by atoms with Crippen LogP contribution in [0.15, 0.2) is 24.3 Å². The number of hydrogen-bond acceptors (Lipinski definition) is 2. The van der Waals surface area contributed by atoms with E-state index in [-0.39, 0.29) is 18.0 Å². The fourth-order valence-electron chi connectivity index (χ4n) is 3.45. The van der Waals surface area contributed by atoms with E-state index >= 15 is 0 Å². The van der Waals surface area contributed by atoms with E-state index in [1.54, 1.807) is 0 Å². The first-order valence-corrected chi connectivity index (χ1v) is 9.96. The molecule has 1 aromatic rings. The molecule has 2 rings (SSSR count). The second-order valence-electron chi connectivity index (χ2n) is 7.62. The van der Waals surface area contributed by atoms with Crippen molar-refractivity contribution in [2.45, 2.75) is 77.8 Å². The molecule has 144 valence electrons. The molecule has 0 radical (unpaired) electrons. The van der Waals surface area contributed by atoms with Crippen molar-refractivity contribution >= 4 is 17.6 Å². The maximum absolute atomic E-state index is 12.0. The summed E-state index contributed by atoms with van der Waals surface area (Å²) in [6.07, 6.45) is 9.59. The zero-order chi connectivity index (χ0) is 18.8. The first kappa shape index (κ1) is 20.3. The van der Waals surface area contributed by atoms with Gasteiger partial charge in [-0.25, -0.2) is 4.79 Å². The first-order chi connectivity index (χ1) is 12.5. The van der Waals surface area contributed by atoms with Gasteiger partial charge in [-0.15, -0.1) is 0 Å². The van der Waals surface area contributed by atoms with E-state index in [4.69, 9.17) is 0 Å². The third-order valence-electron chi connectivity index (χ3n) is 4.86. The third-order valence-corrected chi connectivity index (χ3v) is 4.86. The Hall–Kier alpha value is -2.04. The summed E-state index contributed by atoms with van der Waals surface area (Å²) in [5, 5.41) is 8.55. The monoisotopic (exact) mass is 359 g/mol. The molecular formula is C21H33N3O2. The Bertz CT molecular complexity index is 563. The van der Waals surface area contributed by atoms with Gasteiger partial charge in [-0.2, -0.15) is 0 Å². The Kier molecular flexibility index (Phi) is 8.45. The van der Waals surface area contributed by atoms with Gasteiger partial charge in [0.25, 0.3) is 0 Å². The van der Waals surface area contributed by atoms with Crippen LogP contribution in [0.4, 0.5) is 10.5 Å². The Morgan fingerprint density at radius 3 is 2.42 bits per heavy atom. The average molecular weight is 360 g/mol. The molecule has 1 aliphatic carbocycles. The summed E-state index contributed by atoms with van der Waals surface area (Å²) in [6, 6.07) is 7.44. The molecule has 0 aromatic heterocycles. The van der Waals surface area contributed by atoms with Crippen LogP contribution in [0.1, 0.15) is 70.8 Å². The summed E-state index contributed by atoms with van der Waals surface area (Å²) in [4.78, 5) is 23.7. The number of nitrogens with one attached hydrogen (secondary N) is 3. The maximum atomic E-state index is 12.0. The lowest BCUT2D eigenvalue weighted by Crippen LogP contribution is -2.34. The Balaban J connectivity index is 1.63. The molecule has 3 N–H and O–H groups in total. The molecule has 0 unspecified atom stereocenters. The molecule has 0 spiro atoms. The fraction of sp³-hybridized carbons (Fsp3) is 0.619. The molecule has 0 heterocycles. The van der Waals surface area contributed by atoms with Gasteiger partial charge in [0.1, 0.15) is 0 Å². The SMILES string of the molecule is CC(C)NC(=O)Nc1ccc(CNC(=O)CCCC2CCCCC2)cc1. The molecule has 5 heteroatoms. The molecule has 0 bridgehead atoms. The van der Waals surface area contributed by atoms with Crippen molar-refractivity contribution in [3.63, 3.8) is 0 Å². The van der Waals surface area contributed by atoms with Gasteiger partial charge in [0, 0.05) is 24.7 Å². The van der Waals surface area contributed by atoms with Gasteiger partial charge in [0.15, 0.2) is 0 Å². The molecule has 26 heavy (non-hydrogen) atoms. The molecule has 5 nitrogen and oxygen atoms in total. The number of carbonyl (C=O) groups excluding carboxylic acids is 2. The zero-order valence-electron chi connectivity index (χ0n) is 16.1. The van der Waals surface area contributed by atoms with E-state index in [1.165, 1.54) is 38.5 Å². The van der Waals surface area contributed by atoms with Crippen molar-refractivity contribution in [2.24, 2.45) is 5.92 Å². The molecule has 0 saturated heterocycles. The highest BCUT2D eigenvalue weighted by Gasteiger charge is 2.13. The molecule has 1 aromatic carbocycles. The standard InChI is InChI=1S/C21H33N3O2/c1-16(2)23-21(26)24-19-13-11-18(12-14-19)15-22-20(25)10-6-9-17-7-4-3-5-8-17/h11-14,16-17H,3-10,15H2,1-2H3,(H,22,25)(H2,23,24,26). The summed E-state index contributed by atoms with van der Waals surface area (Å²) in [7, 11) is 0. The number of amides is 3. The molecule has 1 aliphatic rings. The van der Waals surface area contributed by atoms with E-state index in [2.05, 4.69) is 16.0 Å². The minimum Gasteiger partial charge on any atom is -0.352 e. The number of rotatable bonds is 8. The van der Waals surface area contributed by atoms with E-state index in [1.807, 2.05) is 38.1 Å². The summed E-state index contributed by atoms with van der Waals surface area (Å²) in [5.74, 6) is 0.962. The predicted octanol–water partition coefficient (Wildman–Crippen LogP) is 4.58. The van der Waals surface area contributed by atoms with Crippen LogP contribution in [0.2, 0.25) is 0 Å². The lowest BCUT2D eigenvalue weighted by molar-refractivity contribution is -0.121. The fourth-order valence-corrected chi connectivity index (χ4v) is 3.45. The topological polar surface area (TPSA) is 70.2 Å². The van der Waals surface area contributed by atoms with Crippen LogP contribution in [0.25, 0.3) is 0 Å². The Morgan fingerprint density at radius 1 is 1.08 bits per heavy atom. The molecule has 0 atom stereocenters. The van der Waals surface area contributed by atoms with Crippen molar-refractivity contribution in [3.05, 3.63) is 29.8 Å². The van der Waals surface area contributed by atoms with Gasteiger partial charge >= 0.3 is 6.03 Å². The summed E-state index contributed by atoms with van der Waals surface area (Å²) in [6.45, 7) is 4.36. The lowest BCUT2D eigenvalue weighted by atomic mass is 9.86. The van der Waals surface area contributed by atoms with Gasteiger partial charge in [0.2, 0.25) is 5.91 Å². The highest BCUT2D eigenvalue weighted by atomic mass is 16.2. The van der Waals surface area contributed by atoms with Gasteiger partial charge in [-0.1, -0.05) is 44.2 Å². The van der Waals surface area contributed by atoms with Crippen LogP contribution in [-0.2, 0) is 11.3 Å². The highest BCUT2D eigenvalue weighted by molar-refractivity contribution is 5.89. The summed E-state index contributed by atoms with van der Waals surface area (Å²) in [5.41, 5.74) is 1.77. The highest BCUT2D eigenvalue weighted by Crippen LogP contribution is 2.27. The van der Waals surface area contributed by atoms with E-state index in [0.717, 1.165) is 23.6 Å². The van der Waals surface area contributed by atoms with Crippen LogP contribution in [0, 0.1) is 5.92 Å².